The highest BCUT2D eigenvalue weighted by Crippen LogP contribution is 2.38. The van der Waals surface area contributed by atoms with Crippen LogP contribution in [0.15, 0.2) is 60.7 Å². The summed E-state index contributed by atoms with van der Waals surface area (Å²) in [5.74, 6) is 1.97. The van der Waals surface area contributed by atoms with Gasteiger partial charge in [-0.25, -0.2) is 9.59 Å². The molecule has 4 aliphatic rings. The normalized spacial score (nSPS) is 26.7. The second kappa shape index (κ2) is 13.1. The maximum Gasteiger partial charge on any atom is 0.410 e. The average molecular weight is 537 g/mol. The molecule has 2 saturated carbocycles. The second-order valence-electron chi connectivity index (χ2n) is 11.0. The highest BCUT2D eigenvalue weighted by Gasteiger charge is 2.43. The molecule has 0 radical (unpaired) electrons. The zero-order valence-corrected chi connectivity index (χ0v) is 21.6. The molecule has 4 fully saturated rings. The third kappa shape index (κ3) is 7.38. The molecule has 2 aromatic rings. The maximum absolute atomic E-state index is 12.0. The number of carbonyl (C=O) groups excluding carboxylic acids is 3. The SMILES string of the molecule is C.O=C(OCc1ccccc1)N1C[C@H]2CC(O)C[C@H]2C1.O=C1C[C@@H]2CN(C(=O)OCc3ccccc3)C[C@@H]2C1. The summed E-state index contributed by atoms with van der Waals surface area (Å²) in [6.07, 6.45) is 2.26. The van der Waals surface area contributed by atoms with Gasteiger partial charge in [0.05, 0.1) is 6.10 Å². The molecular weight excluding hydrogens is 496 g/mol. The van der Waals surface area contributed by atoms with Gasteiger partial charge >= 0.3 is 12.2 Å². The van der Waals surface area contributed by atoms with E-state index in [1.807, 2.05) is 60.7 Å². The summed E-state index contributed by atoms with van der Waals surface area (Å²) in [5.41, 5.74) is 2.00. The molecule has 2 amide bonds. The lowest BCUT2D eigenvalue weighted by Crippen LogP contribution is -2.30. The van der Waals surface area contributed by atoms with Crippen molar-refractivity contribution in [2.45, 2.75) is 52.4 Å². The first-order chi connectivity index (χ1) is 18.4. The van der Waals surface area contributed by atoms with E-state index in [1.54, 1.807) is 9.80 Å². The fraction of sp³-hybridized carbons (Fsp3) is 0.516. The lowest BCUT2D eigenvalue weighted by molar-refractivity contribution is -0.118. The fourth-order valence-electron chi connectivity index (χ4n) is 6.26. The van der Waals surface area contributed by atoms with E-state index < -0.39 is 0 Å². The Bertz CT molecular complexity index is 1080. The Balaban J connectivity index is 0.000000176. The molecule has 2 aromatic carbocycles. The van der Waals surface area contributed by atoms with E-state index in [4.69, 9.17) is 9.47 Å². The molecule has 2 aliphatic heterocycles. The number of hydrogen-bond acceptors (Lipinski definition) is 6. The quantitative estimate of drug-likeness (QED) is 0.597. The summed E-state index contributed by atoms with van der Waals surface area (Å²) in [6.45, 7) is 3.44. The zero-order chi connectivity index (χ0) is 26.5. The summed E-state index contributed by atoms with van der Waals surface area (Å²) >= 11 is 0. The van der Waals surface area contributed by atoms with Gasteiger partial charge in [-0.1, -0.05) is 68.1 Å². The van der Waals surface area contributed by atoms with Gasteiger partial charge in [-0.3, -0.25) is 4.79 Å². The smallest absolute Gasteiger partial charge is 0.410 e. The van der Waals surface area contributed by atoms with Crippen LogP contribution in [-0.4, -0.2) is 65.2 Å². The number of aliphatic hydroxyl groups is 1. The Morgan fingerprint density at radius 3 is 1.49 bits per heavy atom. The number of fused-ring (bicyclic) bond motifs is 2. The fourth-order valence-corrected chi connectivity index (χ4v) is 6.26. The number of likely N-dealkylation sites (tertiary alicyclic amines) is 2. The van der Waals surface area contributed by atoms with E-state index in [0.717, 1.165) is 37.1 Å². The van der Waals surface area contributed by atoms with E-state index in [0.29, 0.717) is 68.6 Å². The highest BCUT2D eigenvalue weighted by molar-refractivity contribution is 5.82. The molecule has 0 aromatic heterocycles. The predicted octanol–water partition coefficient (Wildman–Crippen LogP) is 4.90. The van der Waals surface area contributed by atoms with Crippen LogP contribution in [0.2, 0.25) is 0 Å². The minimum Gasteiger partial charge on any atom is -0.445 e. The van der Waals surface area contributed by atoms with Crippen molar-refractivity contribution in [3.05, 3.63) is 71.8 Å². The number of rotatable bonds is 4. The molecule has 1 unspecified atom stereocenters. The lowest BCUT2D eigenvalue weighted by atomic mass is 10.0. The number of nitrogens with zero attached hydrogens (tertiary/aromatic N) is 2. The van der Waals surface area contributed by atoms with Gasteiger partial charge in [0, 0.05) is 39.0 Å². The van der Waals surface area contributed by atoms with Crippen LogP contribution >= 0.6 is 0 Å². The van der Waals surface area contributed by atoms with Crippen molar-refractivity contribution >= 4 is 18.0 Å². The first-order valence-electron chi connectivity index (χ1n) is 13.6. The van der Waals surface area contributed by atoms with E-state index in [-0.39, 0.29) is 25.7 Å². The van der Waals surface area contributed by atoms with Gasteiger partial charge in [-0.15, -0.1) is 0 Å². The summed E-state index contributed by atoms with van der Waals surface area (Å²) in [7, 11) is 0. The number of hydrogen-bond donors (Lipinski definition) is 1. The zero-order valence-electron chi connectivity index (χ0n) is 21.6. The largest absolute Gasteiger partial charge is 0.445 e. The Morgan fingerprint density at radius 2 is 1.08 bits per heavy atom. The van der Waals surface area contributed by atoms with Gasteiger partial charge in [0.15, 0.2) is 0 Å². The summed E-state index contributed by atoms with van der Waals surface area (Å²) in [5, 5.41) is 9.58. The molecule has 2 heterocycles. The molecule has 8 heteroatoms. The molecule has 0 bridgehead atoms. The van der Waals surface area contributed by atoms with Crippen molar-refractivity contribution in [3.63, 3.8) is 0 Å². The number of carbonyl (C=O) groups is 3. The molecule has 210 valence electrons. The van der Waals surface area contributed by atoms with Crippen molar-refractivity contribution in [1.82, 2.24) is 9.80 Å². The van der Waals surface area contributed by atoms with Crippen LogP contribution in [0.5, 0.6) is 0 Å². The summed E-state index contributed by atoms with van der Waals surface area (Å²) < 4.78 is 10.6. The summed E-state index contributed by atoms with van der Waals surface area (Å²) in [4.78, 5) is 38.8. The molecule has 2 aliphatic carbocycles. The Kier molecular flexibility index (Phi) is 9.62. The molecular formula is C31H40N2O6. The molecule has 39 heavy (non-hydrogen) atoms. The number of amides is 2. The van der Waals surface area contributed by atoms with Crippen LogP contribution in [0.25, 0.3) is 0 Å². The highest BCUT2D eigenvalue weighted by atomic mass is 16.6. The van der Waals surface area contributed by atoms with Crippen molar-refractivity contribution in [2.75, 3.05) is 26.2 Å². The Morgan fingerprint density at radius 1 is 0.692 bits per heavy atom. The first kappa shape index (κ1) is 28.6. The third-order valence-corrected chi connectivity index (χ3v) is 8.21. The monoisotopic (exact) mass is 536 g/mol. The molecule has 8 nitrogen and oxygen atoms in total. The molecule has 1 N–H and O–H groups in total. The van der Waals surface area contributed by atoms with Crippen LogP contribution in [0, 0.1) is 23.7 Å². The molecule has 5 atom stereocenters. The van der Waals surface area contributed by atoms with Gasteiger partial charge in [0.2, 0.25) is 0 Å². The van der Waals surface area contributed by atoms with Crippen molar-refractivity contribution in [1.29, 1.82) is 0 Å². The van der Waals surface area contributed by atoms with E-state index in [9.17, 15) is 19.5 Å². The molecule has 2 saturated heterocycles. The summed E-state index contributed by atoms with van der Waals surface area (Å²) in [6, 6.07) is 19.4. The molecule has 0 spiro atoms. The van der Waals surface area contributed by atoms with Crippen molar-refractivity contribution < 1.29 is 29.0 Å². The van der Waals surface area contributed by atoms with Gasteiger partial charge in [0.1, 0.15) is 19.0 Å². The Labute approximate surface area is 230 Å². The maximum atomic E-state index is 12.0. The molecule has 6 rings (SSSR count). The van der Waals surface area contributed by atoms with Crippen LogP contribution < -0.4 is 0 Å². The van der Waals surface area contributed by atoms with Crippen molar-refractivity contribution in [2.24, 2.45) is 23.7 Å². The van der Waals surface area contributed by atoms with E-state index >= 15 is 0 Å². The van der Waals surface area contributed by atoms with Gasteiger partial charge in [-0.05, 0) is 47.6 Å². The van der Waals surface area contributed by atoms with Gasteiger partial charge in [-0.2, -0.15) is 0 Å². The minimum atomic E-state index is -0.259. The first-order valence-corrected chi connectivity index (χ1v) is 13.6. The van der Waals surface area contributed by atoms with Crippen LogP contribution in [0.1, 0.15) is 44.2 Å². The minimum absolute atomic E-state index is 0. The van der Waals surface area contributed by atoms with Gasteiger partial charge in [0.25, 0.3) is 0 Å². The number of ether oxygens (including phenoxy) is 2. The van der Waals surface area contributed by atoms with Crippen LogP contribution in [-0.2, 0) is 27.5 Å². The third-order valence-electron chi connectivity index (χ3n) is 8.21. The van der Waals surface area contributed by atoms with Crippen molar-refractivity contribution in [3.8, 4) is 0 Å². The average Bonchev–Trinajstić information content (AvgIpc) is 3.67. The van der Waals surface area contributed by atoms with Crippen LogP contribution in [0.4, 0.5) is 9.59 Å². The predicted molar refractivity (Wildman–Crippen MR) is 147 cm³/mol. The lowest BCUT2D eigenvalue weighted by Gasteiger charge is -2.17. The van der Waals surface area contributed by atoms with Crippen LogP contribution in [0.3, 0.4) is 0 Å². The second-order valence-corrected chi connectivity index (χ2v) is 11.0. The van der Waals surface area contributed by atoms with Gasteiger partial charge < -0.3 is 24.4 Å². The number of ketones is 1. The number of benzene rings is 2. The Hall–Kier alpha value is -3.39. The standard InChI is InChI=1S/C15H19NO3.C15H17NO3.CH4/c2*17-14-6-12-8-16(9-13(12)7-14)15(18)19-10-11-4-2-1-3-5-11;/h1-5,12-14,17H,6-10H2;1-5,12-13H,6-10H2;1H4/t12-,13+,14?;12-,13+;. The van der Waals surface area contributed by atoms with E-state index in [1.165, 1.54) is 0 Å². The van der Waals surface area contributed by atoms with E-state index in [2.05, 4.69) is 0 Å². The topological polar surface area (TPSA) is 96.4 Å². The number of aliphatic hydroxyl groups excluding tert-OH is 1. The number of Topliss-reactive ketones (excluding diaryl/α,β-unsaturated/α-hetero) is 1.